The Morgan fingerprint density at radius 2 is 2.38 bits per heavy atom. The van der Waals surface area contributed by atoms with Crippen molar-refractivity contribution in [1.82, 2.24) is 9.78 Å². The van der Waals surface area contributed by atoms with E-state index in [1.165, 1.54) is 4.68 Å². The molecule has 0 unspecified atom stereocenters. The second kappa shape index (κ2) is 5.11. The van der Waals surface area contributed by atoms with Crippen LogP contribution in [0.1, 0.15) is 12.6 Å². The third-order valence-electron chi connectivity index (χ3n) is 2.06. The van der Waals surface area contributed by atoms with Gasteiger partial charge in [0.05, 0.1) is 4.92 Å². The van der Waals surface area contributed by atoms with E-state index in [-0.39, 0.29) is 5.69 Å². The molecule has 0 aliphatic carbocycles. The quantitative estimate of drug-likeness (QED) is 0.666. The van der Waals surface area contributed by atoms with E-state index in [2.05, 4.69) is 32.9 Å². The Morgan fingerprint density at radius 3 is 2.81 bits per heavy atom. The number of nitrogens with one attached hydrogen (secondary N) is 1. The van der Waals surface area contributed by atoms with Crippen LogP contribution in [0, 0.1) is 10.1 Å². The SMILES string of the molecule is C=C(Br)CNc1c([N+](=O)[O-])c(CC)nn1C. The Hall–Kier alpha value is -1.37. The van der Waals surface area contributed by atoms with Crippen LogP contribution in [0.4, 0.5) is 11.5 Å². The Bertz CT molecular complexity index is 427. The molecule has 0 atom stereocenters. The topological polar surface area (TPSA) is 73.0 Å². The van der Waals surface area contributed by atoms with E-state index in [4.69, 9.17) is 0 Å². The predicted octanol–water partition coefficient (Wildman–Crippen LogP) is 2.21. The number of hydrogen-bond acceptors (Lipinski definition) is 4. The molecule has 88 valence electrons. The largest absolute Gasteiger partial charge is 0.360 e. The summed E-state index contributed by atoms with van der Waals surface area (Å²) >= 11 is 3.19. The molecule has 16 heavy (non-hydrogen) atoms. The molecule has 0 spiro atoms. The highest BCUT2D eigenvalue weighted by Crippen LogP contribution is 2.28. The van der Waals surface area contributed by atoms with Crippen molar-refractivity contribution >= 4 is 27.4 Å². The molecule has 0 saturated carbocycles. The van der Waals surface area contributed by atoms with Crippen molar-refractivity contribution in [3.63, 3.8) is 0 Å². The van der Waals surface area contributed by atoms with Crippen LogP contribution in [0.15, 0.2) is 11.1 Å². The van der Waals surface area contributed by atoms with E-state index in [0.717, 1.165) is 4.48 Å². The number of rotatable bonds is 5. The first-order chi connectivity index (χ1) is 7.47. The summed E-state index contributed by atoms with van der Waals surface area (Å²) in [5.74, 6) is 0.405. The van der Waals surface area contributed by atoms with Crippen molar-refractivity contribution < 1.29 is 4.92 Å². The van der Waals surface area contributed by atoms with Gasteiger partial charge in [-0.3, -0.25) is 10.1 Å². The molecular formula is C9H13BrN4O2. The molecule has 0 fully saturated rings. The molecule has 1 aromatic heterocycles. The van der Waals surface area contributed by atoms with Crippen LogP contribution in [0.2, 0.25) is 0 Å². The van der Waals surface area contributed by atoms with Gasteiger partial charge in [-0.2, -0.15) is 5.10 Å². The van der Waals surface area contributed by atoms with Gasteiger partial charge in [-0.15, -0.1) is 0 Å². The fraction of sp³-hybridized carbons (Fsp3) is 0.444. The van der Waals surface area contributed by atoms with Crippen LogP contribution >= 0.6 is 15.9 Å². The Balaban J connectivity index is 3.10. The first kappa shape index (κ1) is 12.7. The summed E-state index contributed by atoms with van der Waals surface area (Å²) < 4.78 is 2.20. The zero-order valence-electron chi connectivity index (χ0n) is 9.16. The van der Waals surface area contributed by atoms with Crippen LogP contribution in [-0.2, 0) is 13.5 Å². The van der Waals surface area contributed by atoms with E-state index in [1.54, 1.807) is 7.05 Å². The summed E-state index contributed by atoms with van der Waals surface area (Å²) in [6, 6.07) is 0. The van der Waals surface area contributed by atoms with Gasteiger partial charge < -0.3 is 5.32 Å². The maximum Gasteiger partial charge on any atom is 0.333 e. The maximum atomic E-state index is 10.9. The number of halogens is 1. The van der Waals surface area contributed by atoms with Gasteiger partial charge >= 0.3 is 5.69 Å². The van der Waals surface area contributed by atoms with Crippen molar-refractivity contribution in [1.29, 1.82) is 0 Å². The van der Waals surface area contributed by atoms with Gasteiger partial charge in [-0.25, -0.2) is 4.68 Å². The summed E-state index contributed by atoms with van der Waals surface area (Å²) in [4.78, 5) is 10.5. The molecule has 0 aliphatic rings. The molecule has 1 aromatic rings. The Morgan fingerprint density at radius 1 is 1.75 bits per heavy atom. The number of hydrogen-bond donors (Lipinski definition) is 1. The fourth-order valence-corrected chi connectivity index (χ4v) is 1.52. The van der Waals surface area contributed by atoms with Crippen LogP contribution in [-0.4, -0.2) is 21.2 Å². The lowest BCUT2D eigenvalue weighted by Crippen LogP contribution is -2.07. The third-order valence-corrected chi connectivity index (χ3v) is 2.34. The monoisotopic (exact) mass is 288 g/mol. The van der Waals surface area contributed by atoms with Gasteiger partial charge in [0.1, 0.15) is 5.69 Å². The molecular weight excluding hydrogens is 276 g/mol. The Labute approximate surface area is 102 Å². The van der Waals surface area contributed by atoms with Crippen molar-refractivity contribution in [2.45, 2.75) is 13.3 Å². The van der Waals surface area contributed by atoms with E-state index in [1.807, 2.05) is 6.92 Å². The summed E-state index contributed by atoms with van der Waals surface area (Å²) in [6.45, 7) is 5.91. The number of anilines is 1. The Kier molecular flexibility index (Phi) is 4.05. The minimum Gasteiger partial charge on any atom is -0.360 e. The maximum absolute atomic E-state index is 10.9. The average molecular weight is 289 g/mol. The lowest BCUT2D eigenvalue weighted by atomic mass is 10.3. The summed E-state index contributed by atoms with van der Waals surface area (Å²) in [6.07, 6.45) is 0.529. The molecule has 0 aliphatic heterocycles. The van der Waals surface area contributed by atoms with Gasteiger partial charge in [0.15, 0.2) is 0 Å². The molecule has 0 amide bonds. The number of aromatic nitrogens is 2. The van der Waals surface area contributed by atoms with Crippen LogP contribution in [0.5, 0.6) is 0 Å². The highest BCUT2D eigenvalue weighted by molar-refractivity contribution is 9.11. The smallest absolute Gasteiger partial charge is 0.333 e. The van der Waals surface area contributed by atoms with Crippen molar-refractivity contribution in [3.05, 3.63) is 26.9 Å². The van der Waals surface area contributed by atoms with E-state index in [9.17, 15) is 10.1 Å². The summed E-state index contributed by atoms with van der Waals surface area (Å²) in [5.41, 5.74) is 0.522. The summed E-state index contributed by atoms with van der Waals surface area (Å²) in [5, 5.41) is 18.0. The van der Waals surface area contributed by atoms with E-state index < -0.39 is 4.92 Å². The number of nitrogens with zero attached hydrogens (tertiary/aromatic N) is 3. The number of aryl methyl sites for hydroxylation is 2. The zero-order chi connectivity index (χ0) is 12.3. The molecule has 1 heterocycles. The lowest BCUT2D eigenvalue weighted by molar-refractivity contribution is -0.384. The average Bonchev–Trinajstić information content (AvgIpc) is 2.51. The summed E-state index contributed by atoms with van der Waals surface area (Å²) in [7, 11) is 1.67. The van der Waals surface area contributed by atoms with Gasteiger partial charge in [0.2, 0.25) is 5.82 Å². The molecule has 0 bridgehead atoms. The molecule has 0 saturated heterocycles. The molecule has 7 heteroatoms. The van der Waals surface area contributed by atoms with Gasteiger partial charge in [-0.1, -0.05) is 29.4 Å². The lowest BCUT2D eigenvalue weighted by Gasteiger charge is -2.04. The molecule has 6 nitrogen and oxygen atoms in total. The van der Waals surface area contributed by atoms with Crippen molar-refractivity contribution in [3.8, 4) is 0 Å². The first-order valence-corrected chi connectivity index (χ1v) is 5.54. The van der Waals surface area contributed by atoms with Crippen LogP contribution in [0.3, 0.4) is 0 Å². The normalized spacial score (nSPS) is 10.2. The fourth-order valence-electron chi connectivity index (χ4n) is 1.38. The molecule has 0 aromatic carbocycles. The van der Waals surface area contributed by atoms with Crippen LogP contribution < -0.4 is 5.32 Å². The second-order valence-electron chi connectivity index (χ2n) is 3.25. The van der Waals surface area contributed by atoms with E-state index in [0.29, 0.717) is 24.5 Å². The van der Waals surface area contributed by atoms with Crippen LogP contribution in [0.25, 0.3) is 0 Å². The van der Waals surface area contributed by atoms with E-state index >= 15 is 0 Å². The minimum absolute atomic E-state index is 0.0405. The first-order valence-electron chi connectivity index (χ1n) is 4.74. The van der Waals surface area contributed by atoms with Gasteiger partial charge in [0.25, 0.3) is 0 Å². The van der Waals surface area contributed by atoms with Crippen molar-refractivity contribution in [2.24, 2.45) is 7.05 Å². The predicted molar refractivity (Wildman–Crippen MR) is 65.8 cm³/mol. The highest BCUT2D eigenvalue weighted by Gasteiger charge is 2.25. The van der Waals surface area contributed by atoms with Gasteiger partial charge in [0, 0.05) is 18.1 Å². The standard InChI is InChI=1S/C9H13BrN4O2/c1-4-7-8(14(15)16)9(13(3)12-7)11-5-6(2)10/h11H,2,4-5H2,1,3H3. The molecule has 1 rings (SSSR count). The van der Waals surface area contributed by atoms with Crippen molar-refractivity contribution in [2.75, 3.05) is 11.9 Å². The highest BCUT2D eigenvalue weighted by atomic mass is 79.9. The molecule has 1 N–H and O–H groups in total. The third kappa shape index (κ3) is 2.60. The van der Waals surface area contributed by atoms with Gasteiger partial charge in [-0.05, 0) is 6.42 Å². The zero-order valence-corrected chi connectivity index (χ0v) is 10.7. The number of nitro groups is 1. The minimum atomic E-state index is -0.412. The molecule has 0 radical (unpaired) electrons. The second-order valence-corrected chi connectivity index (χ2v) is 4.37.